The topological polar surface area (TPSA) is 54.1 Å². The molecule has 0 saturated heterocycles. The summed E-state index contributed by atoms with van der Waals surface area (Å²) in [5.74, 6) is 0.838. The maximum atomic E-state index is 12.2. The number of aromatic nitrogens is 1. The summed E-state index contributed by atoms with van der Waals surface area (Å²) in [7, 11) is 1.65. The number of aromatic amines is 1. The minimum atomic E-state index is 0.00406. The fourth-order valence-electron chi connectivity index (χ4n) is 2.67. The summed E-state index contributed by atoms with van der Waals surface area (Å²) in [5, 5.41) is 4.62. The lowest BCUT2D eigenvalue weighted by Crippen LogP contribution is -2.27. The van der Waals surface area contributed by atoms with Crippen molar-refractivity contribution >= 4 is 28.4 Å². The van der Waals surface area contributed by atoms with Crippen molar-refractivity contribution in [3.8, 4) is 5.75 Å². The molecule has 0 spiro atoms. The first-order chi connectivity index (χ1) is 11.7. The molecule has 0 aliphatic rings. The van der Waals surface area contributed by atoms with Crippen LogP contribution in [-0.2, 0) is 17.6 Å². The summed E-state index contributed by atoms with van der Waals surface area (Å²) in [6, 6.07) is 13.5. The zero-order valence-electron chi connectivity index (χ0n) is 13.4. The highest BCUT2D eigenvalue weighted by molar-refractivity contribution is 6.31. The molecule has 1 amide bonds. The van der Waals surface area contributed by atoms with Crippen molar-refractivity contribution in [1.29, 1.82) is 0 Å². The van der Waals surface area contributed by atoms with Gasteiger partial charge in [0.2, 0.25) is 5.91 Å². The van der Waals surface area contributed by atoms with Gasteiger partial charge < -0.3 is 15.0 Å². The van der Waals surface area contributed by atoms with Crippen molar-refractivity contribution in [2.24, 2.45) is 0 Å². The zero-order chi connectivity index (χ0) is 16.9. The number of nitrogens with one attached hydrogen (secondary N) is 2. The van der Waals surface area contributed by atoms with E-state index in [-0.39, 0.29) is 5.91 Å². The second-order valence-corrected chi connectivity index (χ2v) is 6.07. The largest absolute Gasteiger partial charge is 0.497 e. The van der Waals surface area contributed by atoms with Gasteiger partial charge in [-0.1, -0.05) is 23.7 Å². The van der Waals surface area contributed by atoms with Gasteiger partial charge in [-0.05, 0) is 47.9 Å². The quantitative estimate of drug-likeness (QED) is 0.717. The van der Waals surface area contributed by atoms with Crippen LogP contribution in [0.3, 0.4) is 0 Å². The maximum Gasteiger partial charge on any atom is 0.224 e. The Kier molecular flexibility index (Phi) is 5.06. The molecular weight excluding hydrogens is 324 g/mol. The second kappa shape index (κ2) is 7.41. The van der Waals surface area contributed by atoms with Crippen LogP contribution in [0.2, 0.25) is 5.02 Å². The summed E-state index contributed by atoms with van der Waals surface area (Å²) in [5.41, 5.74) is 3.10. The molecule has 4 nitrogen and oxygen atoms in total. The maximum absolute atomic E-state index is 12.2. The van der Waals surface area contributed by atoms with Crippen LogP contribution in [0.1, 0.15) is 11.1 Å². The molecule has 124 valence electrons. The Morgan fingerprint density at radius 3 is 2.75 bits per heavy atom. The lowest BCUT2D eigenvalue weighted by atomic mass is 10.1. The van der Waals surface area contributed by atoms with Crippen molar-refractivity contribution in [3.63, 3.8) is 0 Å². The van der Waals surface area contributed by atoms with E-state index in [1.165, 1.54) is 0 Å². The number of H-pyrrole nitrogens is 1. The molecule has 0 bridgehead atoms. The van der Waals surface area contributed by atoms with Gasteiger partial charge in [0, 0.05) is 28.7 Å². The molecule has 0 unspecified atom stereocenters. The third-order valence-electron chi connectivity index (χ3n) is 3.98. The van der Waals surface area contributed by atoms with Gasteiger partial charge in [0.15, 0.2) is 0 Å². The number of amides is 1. The summed E-state index contributed by atoms with van der Waals surface area (Å²) >= 11 is 6.03. The monoisotopic (exact) mass is 342 g/mol. The van der Waals surface area contributed by atoms with Gasteiger partial charge in [0.25, 0.3) is 0 Å². The smallest absolute Gasteiger partial charge is 0.224 e. The van der Waals surface area contributed by atoms with Crippen molar-refractivity contribution in [2.75, 3.05) is 13.7 Å². The van der Waals surface area contributed by atoms with Crippen LogP contribution >= 0.6 is 11.6 Å². The average molecular weight is 343 g/mol. The molecule has 3 aromatic rings. The number of hydrogen-bond acceptors (Lipinski definition) is 2. The van der Waals surface area contributed by atoms with Crippen molar-refractivity contribution in [2.45, 2.75) is 12.8 Å². The lowest BCUT2D eigenvalue weighted by molar-refractivity contribution is -0.120. The minimum Gasteiger partial charge on any atom is -0.497 e. The van der Waals surface area contributed by atoms with E-state index in [0.29, 0.717) is 18.0 Å². The summed E-state index contributed by atoms with van der Waals surface area (Å²) < 4.78 is 5.13. The number of halogens is 1. The standard InChI is InChI=1S/C19H19ClN2O2/c1-24-16-5-2-13(3-6-16)8-9-21-19(23)10-14-12-22-18-7-4-15(20)11-17(14)18/h2-7,11-12,22H,8-10H2,1H3,(H,21,23). The minimum absolute atomic E-state index is 0.00406. The highest BCUT2D eigenvalue weighted by Gasteiger charge is 2.09. The molecule has 0 atom stereocenters. The number of rotatable bonds is 6. The van der Waals surface area contributed by atoms with Crippen molar-refractivity contribution in [1.82, 2.24) is 10.3 Å². The molecular formula is C19H19ClN2O2. The van der Waals surface area contributed by atoms with Crippen molar-refractivity contribution < 1.29 is 9.53 Å². The molecule has 0 aliphatic carbocycles. The Balaban J connectivity index is 1.54. The Hall–Kier alpha value is -2.46. The first-order valence-electron chi connectivity index (χ1n) is 7.81. The number of ether oxygens (including phenoxy) is 1. The van der Waals surface area contributed by atoms with Crippen molar-refractivity contribution in [3.05, 3.63) is 64.8 Å². The summed E-state index contributed by atoms with van der Waals surface area (Å²) in [6.45, 7) is 0.605. The number of methoxy groups -OCH3 is 1. The van der Waals surface area contributed by atoms with Crippen LogP contribution in [0.5, 0.6) is 5.75 Å². The highest BCUT2D eigenvalue weighted by atomic mass is 35.5. The molecule has 1 heterocycles. The van der Waals surface area contributed by atoms with E-state index in [9.17, 15) is 4.79 Å². The molecule has 5 heteroatoms. The van der Waals surface area contributed by atoms with Gasteiger partial charge in [-0.15, -0.1) is 0 Å². The van der Waals surface area contributed by atoms with E-state index in [1.807, 2.05) is 48.7 Å². The number of carbonyl (C=O) groups excluding carboxylic acids is 1. The SMILES string of the molecule is COc1ccc(CCNC(=O)Cc2c[nH]c3ccc(Cl)cc23)cc1. The Morgan fingerprint density at radius 2 is 2.00 bits per heavy atom. The van der Waals surface area contributed by atoms with Gasteiger partial charge in [0.05, 0.1) is 13.5 Å². The van der Waals surface area contributed by atoms with E-state index < -0.39 is 0 Å². The van der Waals surface area contributed by atoms with Gasteiger partial charge in [0.1, 0.15) is 5.75 Å². The van der Waals surface area contributed by atoms with Crippen LogP contribution in [0.4, 0.5) is 0 Å². The lowest BCUT2D eigenvalue weighted by Gasteiger charge is -2.06. The van der Waals surface area contributed by atoms with E-state index >= 15 is 0 Å². The van der Waals surface area contributed by atoms with Gasteiger partial charge in [-0.25, -0.2) is 0 Å². The Labute approximate surface area is 145 Å². The predicted octanol–water partition coefficient (Wildman–Crippen LogP) is 3.73. The molecule has 0 saturated carbocycles. The van der Waals surface area contributed by atoms with E-state index in [0.717, 1.165) is 34.2 Å². The first kappa shape index (κ1) is 16.4. The zero-order valence-corrected chi connectivity index (χ0v) is 14.2. The Bertz CT molecular complexity index is 840. The number of benzene rings is 2. The summed E-state index contributed by atoms with van der Waals surface area (Å²) in [6.07, 6.45) is 2.99. The fourth-order valence-corrected chi connectivity index (χ4v) is 2.84. The average Bonchev–Trinajstić information content (AvgIpc) is 2.97. The highest BCUT2D eigenvalue weighted by Crippen LogP contribution is 2.22. The third-order valence-corrected chi connectivity index (χ3v) is 4.21. The van der Waals surface area contributed by atoms with Gasteiger partial charge in [-0.3, -0.25) is 4.79 Å². The molecule has 24 heavy (non-hydrogen) atoms. The molecule has 3 rings (SSSR count). The van der Waals surface area contributed by atoms with Crippen LogP contribution in [-0.4, -0.2) is 24.5 Å². The number of hydrogen-bond donors (Lipinski definition) is 2. The molecule has 1 aromatic heterocycles. The van der Waals surface area contributed by atoms with Crippen LogP contribution in [0, 0.1) is 0 Å². The van der Waals surface area contributed by atoms with E-state index in [4.69, 9.17) is 16.3 Å². The second-order valence-electron chi connectivity index (χ2n) is 5.63. The van der Waals surface area contributed by atoms with Crippen LogP contribution < -0.4 is 10.1 Å². The first-order valence-corrected chi connectivity index (χ1v) is 8.18. The summed E-state index contributed by atoms with van der Waals surface area (Å²) in [4.78, 5) is 15.3. The fraction of sp³-hybridized carbons (Fsp3) is 0.211. The normalized spacial score (nSPS) is 10.8. The van der Waals surface area contributed by atoms with Crippen LogP contribution in [0.25, 0.3) is 10.9 Å². The molecule has 2 aromatic carbocycles. The van der Waals surface area contributed by atoms with Crippen LogP contribution in [0.15, 0.2) is 48.7 Å². The molecule has 0 aliphatic heterocycles. The van der Waals surface area contributed by atoms with Gasteiger partial charge in [-0.2, -0.15) is 0 Å². The van der Waals surface area contributed by atoms with E-state index in [1.54, 1.807) is 7.11 Å². The van der Waals surface area contributed by atoms with E-state index in [2.05, 4.69) is 10.3 Å². The Morgan fingerprint density at radius 1 is 1.21 bits per heavy atom. The molecule has 2 N–H and O–H groups in total. The predicted molar refractivity (Wildman–Crippen MR) is 96.7 cm³/mol. The third kappa shape index (κ3) is 3.89. The number of fused-ring (bicyclic) bond motifs is 1. The van der Waals surface area contributed by atoms with Gasteiger partial charge >= 0.3 is 0 Å². The molecule has 0 fully saturated rings. The number of carbonyl (C=O) groups is 1. The molecule has 0 radical (unpaired) electrons.